The van der Waals surface area contributed by atoms with Gasteiger partial charge in [-0.15, -0.1) is 0 Å². The molecule has 0 aromatic rings. The highest BCUT2D eigenvalue weighted by Crippen LogP contribution is 2.39. The average Bonchev–Trinajstić information content (AvgIpc) is 2.68. The van der Waals surface area contributed by atoms with Crippen molar-refractivity contribution in [3.05, 3.63) is 0 Å². The maximum absolute atomic E-state index is 9.89. The maximum atomic E-state index is 9.89. The van der Waals surface area contributed by atoms with Crippen LogP contribution in [0.2, 0.25) is 0 Å². The normalized spacial score (nSPS) is 34.0. The number of hydrogen-bond acceptors (Lipinski definition) is 4. The standard InChI is InChI=1S/C16H32N2O2/c1-15-3-5-16(14-20,6-4-15)13-18-8-2-7-17(9-10-18)11-12-19/h15,19-20H,2-14H2,1H3. The van der Waals surface area contributed by atoms with E-state index in [9.17, 15) is 5.11 Å². The van der Waals surface area contributed by atoms with Gasteiger partial charge in [-0.25, -0.2) is 0 Å². The van der Waals surface area contributed by atoms with Crippen LogP contribution in [0.4, 0.5) is 0 Å². The van der Waals surface area contributed by atoms with E-state index in [0.29, 0.717) is 6.61 Å². The van der Waals surface area contributed by atoms with Crippen molar-refractivity contribution in [1.29, 1.82) is 0 Å². The van der Waals surface area contributed by atoms with Gasteiger partial charge in [0.05, 0.1) is 6.61 Å². The molecule has 0 spiro atoms. The maximum Gasteiger partial charge on any atom is 0.0558 e. The number of aliphatic hydroxyl groups excluding tert-OH is 2. The number of aliphatic hydroxyl groups is 2. The molecule has 0 amide bonds. The predicted octanol–water partition coefficient (Wildman–Crippen LogP) is 1.18. The molecule has 20 heavy (non-hydrogen) atoms. The zero-order chi connectivity index (χ0) is 14.4. The van der Waals surface area contributed by atoms with Gasteiger partial charge >= 0.3 is 0 Å². The van der Waals surface area contributed by atoms with Crippen LogP contribution in [0.1, 0.15) is 39.0 Å². The SMILES string of the molecule is CC1CCC(CO)(CN2CCCN(CCO)CC2)CC1. The van der Waals surface area contributed by atoms with Crippen LogP contribution in [-0.2, 0) is 0 Å². The van der Waals surface area contributed by atoms with E-state index in [1.54, 1.807) is 0 Å². The minimum absolute atomic E-state index is 0.151. The lowest BCUT2D eigenvalue weighted by Gasteiger charge is -2.41. The molecule has 0 radical (unpaired) electrons. The molecule has 0 aromatic carbocycles. The van der Waals surface area contributed by atoms with Gasteiger partial charge < -0.3 is 15.1 Å². The van der Waals surface area contributed by atoms with Crippen LogP contribution in [-0.4, -0.2) is 72.5 Å². The highest BCUT2D eigenvalue weighted by atomic mass is 16.3. The first-order chi connectivity index (χ1) is 9.67. The summed E-state index contributed by atoms with van der Waals surface area (Å²) in [5, 5.41) is 18.9. The van der Waals surface area contributed by atoms with E-state index in [1.165, 1.54) is 32.1 Å². The summed E-state index contributed by atoms with van der Waals surface area (Å²) < 4.78 is 0. The second-order valence-electron chi connectivity index (χ2n) is 7.04. The van der Waals surface area contributed by atoms with E-state index in [-0.39, 0.29) is 12.0 Å². The van der Waals surface area contributed by atoms with Crippen molar-refractivity contribution in [2.45, 2.75) is 39.0 Å². The van der Waals surface area contributed by atoms with Crippen LogP contribution < -0.4 is 0 Å². The van der Waals surface area contributed by atoms with Crippen molar-refractivity contribution >= 4 is 0 Å². The van der Waals surface area contributed by atoms with Gasteiger partial charge in [0.15, 0.2) is 0 Å². The second kappa shape index (κ2) is 7.74. The summed E-state index contributed by atoms with van der Waals surface area (Å²) in [4.78, 5) is 4.90. The van der Waals surface area contributed by atoms with E-state index < -0.39 is 0 Å². The predicted molar refractivity (Wildman–Crippen MR) is 81.7 cm³/mol. The molecule has 0 unspecified atom stereocenters. The fourth-order valence-corrected chi connectivity index (χ4v) is 3.76. The molecule has 0 atom stereocenters. The molecule has 1 heterocycles. The molecule has 1 aliphatic heterocycles. The lowest BCUT2D eigenvalue weighted by Crippen LogP contribution is -2.44. The molecular weight excluding hydrogens is 252 g/mol. The summed E-state index contributed by atoms with van der Waals surface area (Å²) in [7, 11) is 0. The summed E-state index contributed by atoms with van der Waals surface area (Å²) >= 11 is 0. The molecule has 4 heteroatoms. The molecule has 2 rings (SSSR count). The Labute approximate surface area is 123 Å². The zero-order valence-corrected chi connectivity index (χ0v) is 13.1. The van der Waals surface area contributed by atoms with Crippen molar-refractivity contribution in [3.63, 3.8) is 0 Å². The molecule has 1 saturated carbocycles. The van der Waals surface area contributed by atoms with E-state index >= 15 is 0 Å². The summed E-state index contributed by atoms with van der Waals surface area (Å²) in [6, 6.07) is 0. The van der Waals surface area contributed by atoms with Gasteiger partial charge in [-0.3, -0.25) is 4.90 Å². The van der Waals surface area contributed by atoms with Crippen molar-refractivity contribution in [1.82, 2.24) is 9.80 Å². The van der Waals surface area contributed by atoms with E-state index in [4.69, 9.17) is 5.11 Å². The number of nitrogens with zero attached hydrogens (tertiary/aromatic N) is 2. The first-order valence-electron chi connectivity index (χ1n) is 8.34. The third-order valence-corrected chi connectivity index (χ3v) is 5.33. The Morgan fingerprint density at radius 2 is 1.65 bits per heavy atom. The van der Waals surface area contributed by atoms with Gasteiger partial charge in [-0.05, 0) is 38.3 Å². The Morgan fingerprint density at radius 1 is 1.00 bits per heavy atom. The van der Waals surface area contributed by atoms with Crippen LogP contribution >= 0.6 is 0 Å². The smallest absolute Gasteiger partial charge is 0.0558 e. The summed E-state index contributed by atoms with van der Waals surface area (Å²) in [5.41, 5.74) is 0.151. The Balaban J connectivity index is 1.85. The van der Waals surface area contributed by atoms with Gasteiger partial charge in [0.25, 0.3) is 0 Å². The molecule has 1 aliphatic carbocycles. The fraction of sp³-hybridized carbons (Fsp3) is 1.00. The highest BCUT2D eigenvalue weighted by molar-refractivity contribution is 4.88. The number of β-amino-alcohol motifs (C(OH)–C–C–N with tert-alkyl or cyclic N) is 1. The van der Waals surface area contributed by atoms with Crippen LogP contribution in [0, 0.1) is 11.3 Å². The van der Waals surface area contributed by atoms with Gasteiger partial charge in [-0.2, -0.15) is 0 Å². The zero-order valence-electron chi connectivity index (χ0n) is 13.1. The van der Waals surface area contributed by atoms with Crippen molar-refractivity contribution in [2.75, 3.05) is 52.5 Å². The molecule has 1 saturated heterocycles. The summed E-state index contributed by atoms with van der Waals surface area (Å²) in [5.74, 6) is 0.832. The molecule has 2 N–H and O–H groups in total. The van der Waals surface area contributed by atoms with Crippen LogP contribution in [0.5, 0.6) is 0 Å². The van der Waals surface area contributed by atoms with Crippen LogP contribution in [0.25, 0.3) is 0 Å². The highest BCUT2D eigenvalue weighted by Gasteiger charge is 2.35. The Hall–Kier alpha value is -0.160. The molecule has 118 valence electrons. The second-order valence-corrected chi connectivity index (χ2v) is 7.04. The Kier molecular flexibility index (Phi) is 6.27. The largest absolute Gasteiger partial charge is 0.396 e. The van der Waals surface area contributed by atoms with Crippen LogP contribution in [0.3, 0.4) is 0 Å². The topological polar surface area (TPSA) is 46.9 Å². The van der Waals surface area contributed by atoms with Crippen LogP contribution in [0.15, 0.2) is 0 Å². The molecule has 0 bridgehead atoms. The third-order valence-electron chi connectivity index (χ3n) is 5.33. The van der Waals surface area contributed by atoms with Crippen molar-refractivity contribution in [3.8, 4) is 0 Å². The minimum Gasteiger partial charge on any atom is -0.396 e. The van der Waals surface area contributed by atoms with E-state index in [1.807, 2.05) is 0 Å². The number of hydrogen-bond donors (Lipinski definition) is 2. The molecule has 0 aromatic heterocycles. The van der Waals surface area contributed by atoms with E-state index in [2.05, 4.69) is 16.7 Å². The lowest BCUT2D eigenvalue weighted by atomic mass is 9.71. The Morgan fingerprint density at radius 3 is 2.30 bits per heavy atom. The summed E-state index contributed by atoms with van der Waals surface area (Å²) in [6.07, 6.45) is 6.08. The van der Waals surface area contributed by atoms with Gasteiger partial charge in [0, 0.05) is 38.2 Å². The lowest BCUT2D eigenvalue weighted by molar-refractivity contribution is 0.0303. The Bertz CT molecular complexity index is 278. The molecule has 4 nitrogen and oxygen atoms in total. The molecular formula is C16H32N2O2. The molecule has 2 aliphatic rings. The van der Waals surface area contributed by atoms with Gasteiger partial charge in [0.1, 0.15) is 0 Å². The van der Waals surface area contributed by atoms with Gasteiger partial charge in [-0.1, -0.05) is 19.8 Å². The first-order valence-corrected chi connectivity index (χ1v) is 8.34. The molecule has 2 fully saturated rings. The third kappa shape index (κ3) is 4.42. The minimum atomic E-state index is 0.151. The quantitative estimate of drug-likeness (QED) is 0.796. The average molecular weight is 284 g/mol. The monoisotopic (exact) mass is 284 g/mol. The number of rotatable bonds is 5. The fourth-order valence-electron chi connectivity index (χ4n) is 3.76. The van der Waals surface area contributed by atoms with Crippen molar-refractivity contribution in [2.24, 2.45) is 11.3 Å². The van der Waals surface area contributed by atoms with Crippen molar-refractivity contribution < 1.29 is 10.2 Å². The van der Waals surface area contributed by atoms with Gasteiger partial charge in [0.2, 0.25) is 0 Å². The van der Waals surface area contributed by atoms with E-state index in [0.717, 1.165) is 45.2 Å². The summed E-state index contributed by atoms with van der Waals surface area (Å²) in [6.45, 7) is 9.17. The first kappa shape index (κ1) is 16.2.